The Morgan fingerprint density at radius 2 is 2.00 bits per heavy atom. The Morgan fingerprint density at radius 1 is 1.31 bits per heavy atom. The SMILES string of the molecule is CCSCC(O)c1cc(C)c(OC)cc1C. The highest BCUT2D eigenvalue weighted by molar-refractivity contribution is 7.99. The second kappa shape index (κ2) is 6.16. The van der Waals surface area contributed by atoms with Crippen LogP contribution in [-0.2, 0) is 0 Å². The Hall–Kier alpha value is -0.670. The third kappa shape index (κ3) is 3.16. The highest BCUT2D eigenvalue weighted by Crippen LogP contribution is 2.28. The van der Waals surface area contributed by atoms with Crippen LogP contribution in [0.5, 0.6) is 5.75 Å². The van der Waals surface area contributed by atoms with Crippen molar-refractivity contribution in [3.63, 3.8) is 0 Å². The Kier molecular flexibility index (Phi) is 5.16. The number of rotatable bonds is 5. The van der Waals surface area contributed by atoms with Gasteiger partial charge in [-0.1, -0.05) is 6.92 Å². The van der Waals surface area contributed by atoms with E-state index in [2.05, 4.69) is 6.92 Å². The van der Waals surface area contributed by atoms with Crippen molar-refractivity contribution in [1.82, 2.24) is 0 Å². The van der Waals surface area contributed by atoms with Crippen LogP contribution in [0.25, 0.3) is 0 Å². The fourth-order valence-electron chi connectivity index (χ4n) is 1.71. The van der Waals surface area contributed by atoms with E-state index in [1.165, 1.54) is 0 Å². The van der Waals surface area contributed by atoms with Gasteiger partial charge in [0.25, 0.3) is 0 Å². The summed E-state index contributed by atoms with van der Waals surface area (Å²) in [6, 6.07) is 4.01. The van der Waals surface area contributed by atoms with Crippen molar-refractivity contribution in [2.75, 3.05) is 18.6 Å². The summed E-state index contributed by atoms with van der Waals surface area (Å²) in [5.74, 6) is 2.67. The van der Waals surface area contributed by atoms with E-state index in [1.54, 1.807) is 18.9 Å². The molecule has 0 bridgehead atoms. The maximum Gasteiger partial charge on any atom is 0.122 e. The average Bonchev–Trinajstić information content (AvgIpc) is 2.28. The van der Waals surface area contributed by atoms with Gasteiger partial charge < -0.3 is 9.84 Å². The van der Waals surface area contributed by atoms with Crippen LogP contribution in [0.15, 0.2) is 12.1 Å². The van der Waals surface area contributed by atoms with E-state index in [0.29, 0.717) is 0 Å². The first-order valence-corrected chi connectivity index (χ1v) is 6.66. The molecule has 0 fully saturated rings. The van der Waals surface area contributed by atoms with Gasteiger partial charge in [-0.2, -0.15) is 11.8 Å². The second-order valence-electron chi connectivity index (χ2n) is 3.85. The lowest BCUT2D eigenvalue weighted by atomic mass is 10.0. The number of hydrogen-bond acceptors (Lipinski definition) is 3. The molecule has 0 saturated carbocycles. The molecule has 0 amide bonds. The molecule has 0 aliphatic heterocycles. The monoisotopic (exact) mass is 240 g/mol. The molecule has 1 unspecified atom stereocenters. The van der Waals surface area contributed by atoms with E-state index in [4.69, 9.17) is 4.74 Å². The topological polar surface area (TPSA) is 29.5 Å². The van der Waals surface area contributed by atoms with Crippen LogP contribution in [0.3, 0.4) is 0 Å². The highest BCUT2D eigenvalue weighted by atomic mass is 32.2. The van der Waals surface area contributed by atoms with Gasteiger partial charge >= 0.3 is 0 Å². The number of benzene rings is 1. The number of aryl methyl sites for hydroxylation is 2. The molecule has 0 aliphatic carbocycles. The van der Waals surface area contributed by atoms with Crippen LogP contribution in [0, 0.1) is 13.8 Å². The van der Waals surface area contributed by atoms with Crippen LogP contribution in [0.1, 0.15) is 29.7 Å². The Morgan fingerprint density at radius 3 is 2.56 bits per heavy atom. The summed E-state index contributed by atoms with van der Waals surface area (Å²) >= 11 is 1.75. The molecule has 0 radical (unpaired) electrons. The number of aliphatic hydroxyl groups excluding tert-OH is 1. The summed E-state index contributed by atoms with van der Waals surface area (Å²) in [5.41, 5.74) is 3.18. The van der Waals surface area contributed by atoms with Gasteiger partial charge in [0.1, 0.15) is 5.75 Å². The average molecular weight is 240 g/mol. The minimum atomic E-state index is -0.380. The van der Waals surface area contributed by atoms with E-state index >= 15 is 0 Å². The molecule has 0 spiro atoms. The van der Waals surface area contributed by atoms with Crippen molar-refractivity contribution in [2.24, 2.45) is 0 Å². The lowest BCUT2D eigenvalue weighted by Gasteiger charge is -2.16. The molecule has 0 aliphatic rings. The van der Waals surface area contributed by atoms with Gasteiger partial charge in [0, 0.05) is 5.75 Å². The zero-order valence-electron chi connectivity index (χ0n) is 10.4. The van der Waals surface area contributed by atoms with Crippen molar-refractivity contribution >= 4 is 11.8 Å². The molecular weight excluding hydrogens is 220 g/mol. The molecule has 3 heteroatoms. The lowest BCUT2D eigenvalue weighted by molar-refractivity contribution is 0.203. The van der Waals surface area contributed by atoms with Crippen LogP contribution >= 0.6 is 11.8 Å². The number of aliphatic hydroxyl groups is 1. The third-order valence-corrected chi connectivity index (χ3v) is 3.58. The van der Waals surface area contributed by atoms with Gasteiger partial charge in [0.2, 0.25) is 0 Å². The fourth-order valence-corrected chi connectivity index (χ4v) is 2.35. The standard InChI is InChI=1S/C13H20O2S/c1-5-16-8-12(14)11-6-10(3)13(15-4)7-9(11)2/h6-7,12,14H,5,8H2,1-4H3. The van der Waals surface area contributed by atoms with Gasteiger partial charge in [0.05, 0.1) is 13.2 Å². The van der Waals surface area contributed by atoms with Crippen molar-refractivity contribution < 1.29 is 9.84 Å². The summed E-state index contributed by atoms with van der Waals surface area (Å²) in [4.78, 5) is 0. The van der Waals surface area contributed by atoms with E-state index in [1.807, 2.05) is 26.0 Å². The van der Waals surface area contributed by atoms with Crippen LogP contribution in [0.2, 0.25) is 0 Å². The minimum Gasteiger partial charge on any atom is -0.496 e. The number of ether oxygens (including phenoxy) is 1. The highest BCUT2D eigenvalue weighted by Gasteiger charge is 2.12. The van der Waals surface area contributed by atoms with Crippen molar-refractivity contribution in [2.45, 2.75) is 26.9 Å². The summed E-state index contributed by atoms with van der Waals surface area (Å²) in [6.45, 7) is 6.11. The number of methoxy groups -OCH3 is 1. The molecular formula is C13H20O2S. The van der Waals surface area contributed by atoms with E-state index in [-0.39, 0.29) is 6.10 Å². The van der Waals surface area contributed by atoms with Gasteiger partial charge in [-0.25, -0.2) is 0 Å². The van der Waals surface area contributed by atoms with Gasteiger partial charge in [-0.05, 0) is 48.4 Å². The molecule has 16 heavy (non-hydrogen) atoms. The smallest absolute Gasteiger partial charge is 0.122 e. The molecule has 1 aromatic carbocycles. The van der Waals surface area contributed by atoms with Crippen molar-refractivity contribution in [3.8, 4) is 5.75 Å². The van der Waals surface area contributed by atoms with Gasteiger partial charge in [0.15, 0.2) is 0 Å². The molecule has 0 heterocycles. The normalized spacial score (nSPS) is 12.6. The molecule has 1 rings (SSSR count). The van der Waals surface area contributed by atoms with Gasteiger partial charge in [-0.3, -0.25) is 0 Å². The van der Waals surface area contributed by atoms with E-state index in [0.717, 1.165) is 33.9 Å². The molecule has 90 valence electrons. The zero-order chi connectivity index (χ0) is 12.1. The fraction of sp³-hybridized carbons (Fsp3) is 0.538. The third-order valence-electron chi connectivity index (χ3n) is 2.62. The minimum absolute atomic E-state index is 0.380. The number of hydrogen-bond donors (Lipinski definition) is 1. The molecule has 0 saturated heterocycles. The molecule has 1 atom stereocenters. The summed E-state index contributed by atoms with van der Waals surface area (Å²) < 4.78 is 5.25. The maximum absolute atomic E-state index is 10.1. The first kappa shape index (κ1) is 13.4. The summed E-state index contributed by atoms with van der Waals surface area (Å²) in [7, 11) is 1.67. The van der Waals surface area contributed by atoms with E-state index in [9.17, 15) is 5.11 Å². The molecule has 2 nitrogen and oxygen atoms in total. The van der Waals surface area contributed by atoms with Gasteiger partial charge in [-0.15, -0.1) is 0 Å². The first-order valence-electron chi connectivity index (χ1n) is 5.51. The van der Waals surface area contributed by atoms with Crippen molar-refractivity contribution in [3.05, 3.63) is 28.8 Å². The molecule has 1 N–H and O–H groups in total. The predicted molar refractivity (Wildman–Crippen MR) is 70.4 cm³/mol. The van der Waals surface area contributed by atoms with E-state index < -0.39 is 0 Å². The zero-order valence-corrected chi connectivity index (χ0v) is 11.2. The predicted octanol–water partition coefficient (Wildman–Crippen LogP) is 3.10. The largest absolute Gasteiger partial charge is 0.496 e. The molecule has 1 aromatic rings. The summed E-state index contributed by atoms with van der Waals surface area (Å²) in [6.07, 6.45) is -0.380. The first-order chi connectivity index (χ1) is 7.60. The quantitative estimate of drug-likeness (QED) is 0.857. The van der Waals surface area contributed by atoms with Crippen LogP contribution in [-0.4, -0.2) is 23.7 Å². The maximum atomic E-state index is 10.1. The van der Waals surface area contributed by atoms with Crippen molar-refractivity contribution in [1.29, 1.82) is 0 Å². The Balaban J connectivity index is 2.92. The van der Waals surface area contributed by atoms with Crippen LogP contribution in [0.4, 0.5) is 0 Å². The summed E-state index contributed by atoms with van der Waals surface area (Å²) in [5, 5.41) is 10.1. The number of thioether (sulfide) groups is 1. The lowest BCUT2D eigenvalue weighted by Crippen LogP contribution is -2.04. The Labute approximate surface area is 102 Å². The van der Waals surface area contributed by atoms with Crippen LogP contribution < -0.4 is 4.74 Å². The molecule has 0 aromatic heterocycles. The second-order valence-corrected chi connectivity index (χ2v) is 5.17. The Bertz CT molecular complexity index is 350.